The van der Waals surface area contributed by atoms with Crippen LogP contribution in [0.1, 0.15) is 11.1 Å². The van der Waals surface area contributed by atoms with Crippen molar-refractivity contribution in [2.45, 2.75) is 6.92 Å². The fraction of sp³-hybridized carbons (Fsp3) is 0.438. The minimum atomic E-state index is 0.0641. The number of aryl methyl sites for hydroxylation is 1. The predicted molar refractivity (Wildman–Crippen MR) is 80.3 cm³/mol. The fourth-order valence-corrected chi connectivity index (χ4v) is 2.28. The largest absolute Gasteiger partial charge is 0.395 e. The summed E-state index contributed by atoms with van der Waals surface area (Å²) in [6.45, 7) is 6.07. The Labute approximate surface area is 120 Å². The first-order chi connectivity index (χ1) is 9.69. The van der Waals surface area contributed by atoms with Gasteiger partial charge >= 0.3 is 0 Å². The van der Waals surface area contributed by atoms with Crippen LogP contribution in [0.15, 0.2) is 30.3 Å². The van der Waals surface area contributed by atoms with Crippen LogP contribution in [0.3, 0.4) is 0 Å². The van der Waals surface area contributed by atoms with Crippen LogP contribution in [-0.4, -0.2) is 60.1 Å². The quantitative estimate of drug-likeness (QED) is 0.838. The lowest BCUT2D eigenvalue weighted by Crippen LogP contribution is -2.48. The summed E-state index contributed by atoms with van der Waals surface area (Å²) < 4.78 is 0. The van der Waals surface area contributed by atoms with E-state index in [1.165, 1.54) is 5.56 Å². The van der Waals surface area contributed by atoms with Crippen LogP contribution >= 0.6 is 0 Å². The summed E-state index contributed by atoms with van der Waals surface area (Å²) in [6, 6.07) is 8.10. The van der Waals surface area contributed by atoms with Crippen LogP contribution in [-0.2, 0) is 4.79 Å². The van der Waals surface area contributed by atoms with Crippen LogP contribution in [0, 0.1) is 6.92 Å². The third-order valence-corrected chi connectivity index (χ3v) is 3.60. The van der Waals surface area contributed by atoms with Gasteiger partial charge in [-0.15, -0.1) is 0 Å². The normalized spacial score (nSPS) is 16.8. The van der Waals surface area contributed by atoms with E-state index in [2.05, 4.69) is 4.90 Å². The molecule has 1 aliphatic heterocycles. The molecular weight excluding hydrogens is 252 g/mol. The number of carbonyl (C=O) groups is 1. The van der Waals surface area contributed by atoms with E-state index in [1.807, 2.05) is 42.2 Å². The number of aliphatic hydroxyl groups is 1. The number of piperazine rings is 1. The van der Waals surface area contributed by atoms with Crippen molar-refractivity contribution in [1.82, 2.24) is 9.80 Å². The third-order valence-electron chi connectivity index (χ3n) is 3.60. The number of benzene rings is 1. The zero-order valence-electron chi connectivity index (χ0n) is 12.0. The Bertz CT molecular complexity index is 460. The van der Waals surface area contributed by atoms with E-state index in [4.69, 9.17) is 5.11 Å². The van der Waals surface area contributed by atoms with Gasteiger partial charge < -0.3 is 10.0 Å². The number of β-amino-alcohol motifs (C(OH)–C–C–N with tert-alkyl or cyclic N) is 1. The van der Waals surface area contributed by atoms with Gasteiger partial charge in [0.15, 0.2) is 0 Å². The van der Waals surface area contributed by atoms with Gasteiger partial charge in [-0.05, 0) is 18.6 Å². The second-order valence-corrected chi connectivity index (χ2v) is 5.13. The van der Waals surface area contributed by atoms with Crippen molar-refractivity contribution < 1.29 is 9.90 Å². The monoisotopic (exact) mass is 274 g/mol. The Morgan fingerprint density at radius 1 is 1.20 bits per heavy atom. The molecule has 1 heterocycles. The highest BCUT2D eigenvalue weighted by Gasteiger charge is 2.18. The standard InChI is InChI=1S/C16H22N2O2/c1-14-2-4-15(5-3-14)6-7-16(20)18-10-8-17(9-11-18)12-13-19/h2-7,19H,8-13H2,1H3. The number of aliphatic hydroxyl groups excluding tert-OH is 1. The van der Waals surface area contributed by atoms with Crippen molar-refractivity contribution in [2.75, 3.05) is 39.3 Å². The molecule has 0 spiro atoms. The molecule has 2 rings (SSSR count). The maximum absolute atomic E-state index is 12.1. The van der Waals surface area contributed by atoms with Gasteiger partial charge in [-0.3, -0.25) is 9.69 Å². The van der Waals surface area contributed by atoms with Crippen LogP contribution in [0.5, 0.6) is 0 Å². The highest BCUT2D eigenvalue weighted by molar-refractivity contribution is 5.91. The van der Waals surface area contributed by atoms with Crippen LogP contribution in [0.2, 0.25) is 0 Å². The Kier molecular flexibility index (Phi) is 5.32. The van der Waals surface area contributed by atoms with Crippen molar-refractivity contribution in [3.8, 4) is 0 Å². The van der Waals surface area contributed by atoms with Gasteiger partial charge in [0.2, 0.25) is 5.91 Å². The van der Waals surface area contributed by atoms with Gasteiger partial charge in [-0.1, -0.05) is 29.8 Å². The zero-order valence-corrected chi connectivity index (χ0v) is 12.0. The fourth-order valence-electron chi connectivity index (χ4n) is 2.28. The summed E-state index contributed by atoms with van der Waals surface area (Å²) in [5, 5.41) is 8.89. The zero-order chi connectivity index (χ0) is 14.4. The lowest BCUT2D eigenvalue weighted by Gasteiger charge is -2.33. The lowest BCUT2D eigenvalue weighted by atomic mass is 10.1. The van der Waals surface area contributed by atoms with E-state index in [1.54, 1.807) is 6.08 Å². The Morgan fingerprint density at radius 2 is 1.85 bits per heavy atom. The Hall–Kier alpha value is -1.65. The molecule has 108 valence electrons. The molecule has 0 aliphatic carbocycles. The Morgan fingerprint density at radius 3 is 2.45 bits per heavy atom. The molecule has 0 saturated carbocycles. The van der Waals surface area contributed by atoms with Crippen molar-refractivity contribution in [3.63, 3.8) is 0 Å². The average Bonchev–Trinajstić information content (AvgIpc) is 2.47. The topological polar surface area (TPSA) is 43.8 Å². The molecule has 20 heavy (non-hydrogen) atoms. The first-order valence-electron chi connectivity index (χ1n) is 7.06. The minimum Gasteiger partial charge on any atom is -0.395 e. The van der Waals surface area contributed by atoms with Crippen molar-refractivity contribution >= 4 is 12.0 Å². The number of carbonyl (C=O) groups excluding carboxylic acids is 1. The molecule has 1 aromatic carbocycles. The second-order valence-electron chi connectivity index (χ2n) is 5.13. The summed E-state index contributed by atoms with van der Waals surface area (Å²) in [5.74, 6) is 0.0641. The highest BCUT2D eigenvalue weighted by atomic mass is 16.3. The molecule has 0 bridgehead atoms. The van der Waals surface area contributed by atoms with Crippen molar-refractivity contribution in [3.05, 3.63) is 41.5 Å². The van der Waals surface area contributed by atoms with Gasteiger partial charge in [0.05, 0.1) is 6.61 Å². The molecule has 4 nitrogen and oxygen atoms in total. The molecule has 0 radical (unpaired) electrons. The number of amides is 1. The van der Waals surface area contributed by atoms with E-state index in [0.717, 1.165) is 31.7 Å². The smallest absolute Gasteiger partial charge is 0.246 e. The van der Waals surface area contributed by atoms with Gasteiger partial charge in [0, 0.05) is 38.8 Å². The molecule has 1 N–H and O–H groups in total. The second kappa shape index (κ2) is 7.22. The van der Waals surface area contributed by atoms with Crippen molar-refractivity contribution in [2.24, 2.45) is 0 Å². The summed E-state index contributed by atoms with van der Waals surface area (Å²) in [4.78, 5) is 16.1. The molecular formula is C16H22N2O2. The van der Waals surface area contributed by atoms with Gasteiger partial charge in [-0.25, -0.2) is 0 Å². The molecule has 4 heteroatoms. The van der Waals surface area contributed by atoms with E-state index in [-0.39, 0.29) is 12.5 Å². The molecule has 1 aromatic rings. The van der Waals surface area contributed by atoms with E-state index in [0.29, 0.717) is 6.54 Å². The highest BCUT2D eigenvalue weighted by Crippen LogP contribution is 2.07. The summed E-state index contributed by atoms with van der Waals surface area (Å²) in [5.41, 5.74) is 2.26. The number of nitrogens with zero attached hydrogens (tertiary/aromatic N) is 2. The van der Waals surface area contributed by atoms with Crippen LogP contribution < -0.4 is 0 Å². The molecule has 1 amide bonds. The molecule has 0 aromatic heterocycles. The van der Waals surface area contributed by atoms with Crippen LogP contribution in [0.4, 0.5) is 0 Å². The SMILES string of the molecule is Cc1ccc(C=CC(=O)N2CCN(CCO)CC2)cc1. The third kappa shape index (κ3) is 4.18. The van der Waals surface area contributed by atoms with Crippen molar-refractivity contribution in [1.29, 1.82) is 0 Å². The van der Waals surface area contributed by atoms with Gasteiger partial charge in [0.25, 0.3) is 0 Å². The molecule has 1 aliphatic rings. The number of hydrogen-bond donors (Lipinski definition) is 1. The maximum Gasteiger partial charge on any atom is 0.246 e. The average molecular weight is 274 g/mol. The minimum absolute atomic E-state index is 0.0641. The van der Waals surface area contributed by atoms with E-state index in [9.17, 15) is 4.79 Å². The predicted octanol–water partition coefficient (Wildman–Crippen LogP) is 1.14. The summed E-state index contributed by atoms with van der Waals surface area (Å²) in [7, 11) is 0. The van der Waals surface area contributed by atoms with Gasteiger partial charge in [0.1, 0.15) is 0 Å². The molecule has 0 atom stereocenters. The first kappa shape index (κ1) is 14.8. The van der Waals surface area contributed by atoms with Gasteiger partial charge in [-0.2, -0.15) is 0 Å². The first-order valence-corrected chi connectivity index (χ1v) is 7.06. The van der Waals surface area contributed by atoms with Crippen LogP contribution in [0.25, 0.3) is 6.08 Å². The van der Waals surface area contributed by atoms with E-state index >= 15 is 0 Å². The lowest BCUT2D eigenvalue weighted by molar-refractivity contribution is -0.127. The summed E-state index contributed by atoms with van der Waals surface area (Å²) in [6.07, 6.45) is 3.51. The molecule has 0 unspecified atom stereocenters. The molecule has 1 fully saturated rings. The molecule has 1 saturated heterocycles. The summed E-state index contributed by atoms with van der Waals surface area (Å²) >= 11 is 0. The number of rotatable bonds is 4. The van der Waals surface area contributed by atoms with E-state index < -0.39 is 0 Å². The maximum atomic E-state index is 12.1. The Balaban J connectivity index is 1.85. The number of hydrogen-bond acceptors (Lipinski definition) is 3.